The van der Waals surface area contributed by atoms with Gasteiger partial charge in [-0.15, -0.1) is 0 Å². The smallest absolute Gasteiger partial charge is 0.159 e. The van der Waals surface area contributed by atoms with Crippen LogP contribution in [0.2, 0.25) is 0 Å². The molecule has 2 heterocycles. The molecule has 0 saturated carbocycles. The van der Waals surface area contributed by atoms with E-state index >= 15 is 0 Å². The standard InChI is InChI=1S/C16H22F2N2O/c1-2-19-16(11-5-6-13(17)14(18)8-11)15-9-20-7-3-4-12(20)10-21-15/h5-6,8,12,15-16,19H,2-4,7,9-10H2,1H3. The quantitative estimate of drug-likeness (QED) is 0.924. The fraction of sp³-hybridized carbons (Fsp3) is 0.625. The number of rotatable bonds is 4. The number of halogens is 2. The van der Waals surface area contributed by atoms with Crippen molar-refractivity contribution >= 4 is 0 Å². The van der Waals surface area contributed by atoms with Crippen molar-refractivity contribution in [3.8, 4) is 0 Å². The van der Waals surface area contributed by atoms with Gasteiger partial charge in [0.1, 0.15) is 0 Å². The minimum Gasteiger partial charge on any atom is -0.373 e. The first kappa shape index (κ1) is 14.9. The largest absolute Gasteiger partial charge is 0.373 e. The van der Waals surface area contributed by atoms with Crippen LogP contribution >= 0.6 is 0 Å². The third-order valence-electron chi connectivity index (χ3n) is 4.51. The van der Waals surface area contributed by atoms with Gasteiger partial charge < -0.3 is 10.1 Å². The third kappa shape index (κ3) is 3.10. The molecule has 0 spiro atoms. The Morgan fingerprint density at radius 3 is 3.00 bits per heavy atom. The maximum atomic E-state index is 13.5. The molecule has 0 radical (unpaired) electrons. The van der Waals surface area contributed by atoms with E-state index in [1.165, 1.54) is 25.0 Å². The number of likely N-dealkylation sites (N-methyl/N-ethyl adjacent to an activating group) is 1. The molecule has 116 valence electrons. The van der Waals surface area contributed by atoms with E-state index in [0.717, 1.165) is 31.8 Å². The summed E-state index contributed by atoms with van der Waals surface area (Å²) in [6.07, 6.45) is 2.39. The van der Waals surface area contributed by atoms with Crippen LogP contribution in [0.4, 0.5) is 8.78 Å². The summed E-state index contributed by atoms with van der Waals surface area (Å²) in [6.45, 7) is 5.46. The van der Waals surface area contributed by atoms with Gasteiger partial charge >= 0.3 is 0 Å². The Hall–Kier alpha value is -1.04. The van der Waals surface area contributed by atoms with Crippen LogP contribution in [0.15, 0.2) is 18.2 Å². The Morgan fingerprint density at radius 1 is 1.38 bits per heavy atom. The summed E-state index contributed by atoms with van der Waals surface area (Å²) in [5.41, 5.74) is 0.749. The Morgan fingerprint density at radius 2 is 2.24 bits per heavy atom. The van der Waals surface area contributed by atoms with Gasteiger partial charge in [0.05, 0.1) is 18.8 Å². The van der Waals surface area contributed by atoms with Gasteiger partial charge in [-0.25, -0.2) is 8.78 Å². The van der Waals surface area contributed by atoms with Crippen LogP contribution in [-0.4, -0.2) is 43.3 Å². The predicted octanol–water partition coefficient (Wildman–Crippen LogP) is 2.48. The van der Waals surface area contributed by atoms with E-state index in [4.69, 9.17) is 4.74 Å². The van der Waals surface area contributed by atoms with Crippen LogP contribution in [-0.2, 0) is 4.74 Å². The van der Waals surface area contributed by atoms with Crippen LogP contribution in [0, 0.1) is 11.6 Å². The Balaban J connectivity index is 1.78. The van der Waals surface area contributed by atoms with Crippen molar-refractivity contribution in [1.82, 2.24) is 10.2 Å². The molecule has 1 aromatic carbocycles. The monoisotopic (exact) mass is 296 g/mol. The lowest BCUT2D eigenvalue weighted by Gasteiger charge is -2.39. The normalized spacial score (nSPS) is 27.6. The molecule has 0 amide bonds. The number of hydrogen-bond donors (Lipinski definition) is 1. The SMILES string of the molecule is CCNC(c1ccc(F)c(F)c1)C1CN2CCCC2CO1. The molecule has 2 fully saturated rings. The van der Waals surface area contributed by atoms with Crippen molar-refractivity contribution in [2.24, 2.45) is 0 Å². The van der Waals surface area contributed by atoms with Crippen molar-refractivity contribution in [2.75, 3.05) is 26.2 Å². The van der Waals surface area contributed by atoms with E-state index in [2.05, 4.69) is 10.2 Å². The van der Waals surface area contributed by atoms with Crippen molar-refractivity contribution < 1.29 is 13.5 Å². The molecular formula is C16H22F2N2O. The molecule has 3 atom stereocenters. The van der Waals surface area contributed by atoms with Gasteiger partial charge in [0, 0.05) is 12.6 Å². The van der Waals surface area contributed by atoms with E-state index in [-0.39, 0.29) is 12.1 Å². The number of nitrogens with one attached hydrogen (secondary N) is 1. The molecule has 3 unspecified atom stereocenters. The maximum absolute atomic E-state index is 13.5. The lowest BCUT2D eigenvalue weighted by Crippen LogP contribution is -2.50. The lowest BCUT2D eigenvalue weighted by atomic mass is 9.99. The van der Waals surface area contributed by atoms with Crippen LogP contribution in [0.25, 0.3) is 0 Å². The second-order valence-corrected chi connectivity index (χ2v) is 5.87. The first-order valence-electron chi connectivity index (χ1n) is 7.73. The van der Waals surface area contributed by atoms with Crippen LogP contribution < -0.4 is 5.32 Å². The average Bonchev–Trinajstić information content (AvgIpc) is 2.95. The van der Waals surface area contributed by atoms with E-state index in [1.54, 1.807) is 6.07 Å². The summed E-state index contributed by atoms with van der Waals surface area (Å²) in [5.74, 6) is -1.61. The minimum atomic E-state index is -0.807. The highest BCUT2D eigenvalue weighted by Gasteiger charge is 2.36. The summed E-state index contributed by atoms with van der Waals surface area (Å²) in [6, 6.07) is 4.55. The number of fused-ring (bicyclic) bond motifs is 1. The molecule has 21 heavy (non-hydrogen) atoms. The number of morpholine rings is 1. The summed E-state index contributed by atoms with van der Waals surface area (Å²) in [4.78, 5) is 2.46. The van der Waals surface area contributed by atoms with Crippen molar-refractivity contribution in [3.63, 3.8) is 0 Å². The topological polar surface area (TPSA) is 24.5 Å². The van der Waals surface area contributed by atoms with Gasteiger partial charge in [-0.3, -0.25) is 4.90 Å². The van der Waals surface area contributed by atoms with Gasteiger partial charge in [0.2, 0.25) is 0 Å². The van der Waals surface area contributed by atoms with Crippen molar-refractivity contribution in [2.45, 2.75) is 38.0 Å². The number of ether oxygens (including phenoxy) is 1. The van der Waals surface area contributed by atoms with Crippen LogP contribution in [0.1, 0.15) is 31.4 Å². The van der Waals surface area contributed by atoms with Gasteiger partial charge in [-0.05, 0) is 43.6 Å². The highest BCUT2D eigenvalue weighted by atomic mass is 19.2. The van der Waals surface area contributed by atoms with Crippen molar-refractivity contribution in [1.29, 1.82) is 0 Å². The summed E-state index contributed by atoms with van der Waals surface area (Å²) in [7, 11) is 0. The first-order valence-corrected chi connectivity index (χ1v) is 7.73. The van der Waals surface area contributed by atoms with Gasteiger partial charge in [-0.2, -0.15) is 0 Å². The zero-order valence-corrected chi connectivity index (χ0v) is 12.3. The van der Waals surface area contributed by atoms with Crippen molar-refractivity contribution in [3.05, 3.63) is 35.4 Å². The Labute approximate surface area is 124 Å². The molecular weight excluding hydrogens is 274 g/mol. The van der Waals surface area contributed by atoms with E-state index < -0.39 is 11.6 Å². The zero-order chi connectivity index (χ0) is 14.8. The molecule has 3 rings (SSSR count). The predicted molar refractivity (Wildman–Crippen MR) is 77.1 cm³/mol. The molecule has 0 aromatic heterocycles. The van der Waals surface area contributed by atoms with Gasteiger partial charge in [-0.1, -0.05) is 13.0 Å². The second kappa shape index (κ2) is 6.38. The minimum absolute atomic E-state index is 0.0239. The number of hydrogen-bond acceptors (Lipinski definition) is 3. The van der Waals surface area contributed by atoms with Crippen LogP contribution in [0.5, 0.6) is 0 Å². The van der Waals surface area contributed by atoms with Gasteiger partial charge in [0.15, 0.2) is 11.6 Å². The van der Waals surface area contributed by atoms with Crippen LogP contribution in [0.3, 0.4) is 0 Å². The molecule has 1 N–H and O–H groups in total. The third-order valence-corrected chi connectivity index (χ3v) is 4.51. The summed E-state index contributed by atoms with van der Waals surface area (Å²) in [5, 5.41) is 3.35. The molecule has 5 heteroatoms. The van der Waals surface area contributed by atoms with E-state index in [0.29, 0.717) is 6.04 Å². The molecule has 2 aliphatic rings. The van der Waals surface area contributed by atoms with E-state index in [9.17, 15) is 8.78 Å². The number of nitrogens with zero attached hydrogens (tertiary/aromatic N) is 1. The highest BCUT2D eigenvalue weighted by molar-refractivity contribution is 5.23. The highest BCUT2D eigenvalue weighted by Crippen LogP contribution is 2.29. The summed E-state index contributed by atoms with van der Waals surface area (Å²) < 4.78 is 32.7. The average molecular weight is 296 g/mol. The molecule has 3 nitrogen and oxygen atoms in total. The first-order chi connectivity index (χ1) is 10.2. The second-order valence-electron chi connectivity index (χ2n) is 5.87. The fourth-order valence-corrected chi connectivity index (χ4v) is 3.43. The fourth-order valence-electron chi connectivity index (χ4n) is 3.43. The molecule has 0 bridgehead atoms. The van der Waals surface area contributed by atoms with E-state index in [1.807, 2.05) is 6.92 Å². The lowest BCUT2D eigenvalue weighted by molar-refractivity contribution is -0.0651. The molecule has 1 aromatic rings. The molecule has 2 aliphatic heterocycles. The number of benzene rings is 1. The zero-order valence-electron chi connectivity index (χ0n) is 12.3. The Kier molecular flexibility index (Phi) is 4.52. The van der Waals surface area contributed by atoms with Gasteiger partial charge in [0.25, 0.3) is 0 Å². The molecule has 2 saturated heterocycles. The Bertz CT molecular complexity index is 497. The molecule has 0 aliphatic carbocycles. The maximum Gasteiger partial charge on any atom is 0.159 e. The summed E-state index contributed by atoms with van der Waals surface area (Å²) >= 11 is 0.